The third-order valence-corrected chi connectivity index (χ3v) is 4.81. The van der Waals surface area contributed by atoms with Crippen LogP contribution < -0.4 is 11.1 Å². The number of fused-ring (bicyclic) bond motifs is 1. The second-order valence-electron chi connectivity index (χ2n) is 6.06. The van der Waals surface area contributed by atoms with Crippen LogP contribution in [0.4, 0.5) is 5.95 Å². The summed E-state index contributed by atoms with van der Waals surface area (Å²) in [4.78, 5) is 16.8. The molecule has 1 amide bonds. The molecule has 0 bridgehead atoms. The number of hydrogen-bond donors (Lipinski definition) is 2. The summed E-state index contributed by atoms with van der Waals surface area (Å²) in [7, 11) is 0. The van der Waals surface area contributed by atoms with E-state index in [9.17, 15) is 4.79 Å². The predicted octanol–water partition coefficient (Wildman–Crippen LogP) is 3.48. The van der Waals surface area contributed by atoms with Crippen LogP contribution >= 0.6 is 15.9 Å². The van der Waals surface area contributed by atoms with Crippen molar-refractivity contribution in [2.75, 3.05) is 5.32 Å². The zero-order valence-electron chi connectivity index (χ0n) is 14.0. The first-order chi connectivity index (χ1) is 12.5. The van der Waals surface area contributed by atoms with Gasteiger partial charge in [-0.25, -0.2) is 4.68 Å². The predicted molar refractivity (Wildman–Crippen MR) is 103 cm³/mol. The molecule has 3 aromatic rings. The average molecular weight is 410 g/mol. The lowest BCUT2D eigenvalue weighted by atomic mass is 9.95. The van der Waals surface area contributed by atoms with Crippen molar-refractivity contribution in [2.45, 2.75) is 13.0 Å². The molecular weight excluding hydrogens is 394 g/mol. The minimum Gasteiger partial charge on any atom is -0.366 e. The topological polar surface area (TPSA) is 85.8 Å². The maximum Gasteiger partial charge on any atom is 0.248 e. The lowest BCUT2D eigenvalue weighted by Gasteiger charge is -2.27. The fraction of sp³-hybridized carbons (Fsp3) is 0.105. The second kappa shape index (κ2) is 6.42. The van der Waals surface area contributed by atoms with Gasteiger partial charge < -0.3 is 11.1 Å². The zero-order valence-corrected chi connectivity index (χ0v) is 15.6. The number of carbonyl (C=O) groups excluding carboxylic acids is 1. The van der Waals surface area contributed by atoms with Crippen LogP contribution in [0, 0.1) is 0 Å². The Bertz CT molecular complexity index is 1030. The minimum atomic E-state index is -0.484. The van der Waals surface area contributed by atoms with Gasteiger partial charge in [-0.1, -0.05) is 58.4 Å². The summed E-state index contributed by atoms with van der Waals surface area (Å²) in [5.74, 6) is 0.685. The maximum atomic E-state index is 12.2. The Morgan fingerprint density at radius 2 is 1.96 bits per heavy atom. The van der Waals surface area contributed by atoms with Gasteiger partial charge in [0.15, 0.2) is 5.82 Å². The molecule has 4 rings (SSSR count). The van der Waals surface area contributed by atoms with Gasteiger partial charge in [0.1, 0.15) is 6.04 Å². The Labute approximate surface area is 158 Å². The van der Waals surface area contributed by atoms with Crippen molar-refractivity contribution in [1.82, 2.24) is 14.8 Å². The van der Waals surface area contributed by atoms with Gasteiger partial charge in [-0.15, -0.1) is 5.10 Å². The molecule has 6 nitrogen and oxygen atoms in total. The molecule has 0 unspecified atom stereocenters. The number of hydrogen-bond acceptors (Lipinski definition) is 4. The molecule has 0 saturated carbocycles. The summed E-state index contributed by atoms with van der Waals surface area (Å²) in [5, 5.41) is 7.81. The van der Waals surface area contributed by atoms with Gasteiger partial charge in [-0.3, -0.25) is 4.79 Å². The van der Waals surface area contributed by atoms with Gasteiger partial charge in [-0.2, -0.15) is 4.98 Å². The van der Waals surface area contributed by atoms with Gasteiger partial charge in [-0.05, 0) is 24.6 Å². The smallest absolute Gasteiger partial charge is 0.248 e. The largest absolute Gasteiger partial charge is 0.366 e. The van der Waals surface area contributed by atoms with E-state index in [4.69, 9.17) is 5.73 Å². The van der Waals surface area contributed by atoms with E-state index in [1.807, 2.05) is 61.5 Å². The fourth-order valence-electron chi connectivity index (χ4n) is 3.16. The molecule has 26 heavy (non-hydrogen) atoms. The molecule has 1 aromatic heterocycles. The molecule has 7 heteroatoms. The summed E-state index contributed by atoms with van der Waals surface area (Å²) in [6, 6.07) is 17.0. The van der Waals surface area contributed by atoms with E-state index in [2.05, 4.69) is 31.3 Å². The minimum absolute atomic E-state index is 0.439. The van der Waals surface area contributed by atoms with Gasteiger partial charge in [0.05, 0.1) is 5.57 Å². The average Bonchev–Trinajstić information content (AvgIpc) is 3.04. The van der Waals surface area contributed by atoms with E-state index in [0.717, 1.165) is 15.6 Å². The van der Waals surface area contributed by atoms with Crippen molar-refractivity contribution in [3.05, 3.63) is 75.9 Å². The summed E-state index contributed by atoms with van der Waals surface area (Å²) >= 11 is 3.49. The van der Waals surface area contributed by atoms with Crippen LogP contribution in [-0.4, -0.2) is 20.7 Å². The maximum absolute atomic E-state index is 12.2. The van der Waals surface area contributed by atoms with Gasteiger partial charge in [0.25, 0.3) is 0 Å². The highest BCUT2D eigenvalue weighted by atomic mass is 79.9. The highest BCUT2D eigenvalue weighted by Gasteiger charge is 2.33. The van der Waals surface area contributed by atoms with E-state index in [1.54, 1.807) is 4.68 Å². The van der Waals surface area contributed by atoms with Crippen LogP contribution in [0.15, 0.2) is 70.3 Å². The van der Waals surface area contributed by atoms with Crippen LogP contribution in [-0.2, 0) is 4.79 Å². The number of nitrogens with two attached hydrogens (primary N) is 1. The lowest BCUT2D eigenvalue weighted by molar-refractivity contribution is -0.115. The van der Waals surface area contributed by atoms with Crippen molar-refractivity contribution >= 4 is 27.8 Å². The van der Waals surface area contributed by atoms with Gasteiger partial charge >= 0.3 is 0 Å². The van der Waals surface area contributed by atoms with Crippen molar-refractivity contribution in [3.63, 3.8) is 0 Å². The number of anilines is 1. The Balaban J connectivity index is 1.90. The monoisotopic (exact) mass is 409 g/mol. The molecule has 1 atom stereocenters. The number of amides is 1. The summed E-state index contributed by atoms with van der Waals surface area (Å²) < 4.78 is 2.64. The molecule has 2 aromatic carbocycles. The van der Waals surface area contributed by atoms with Crippen LogP contribution in [0.3, 0.4) is 0 Å². The van der Waals surface area contributed by atoms with E-state index in [0.29, 0.717) is 23.0 Å². The Kier molecular flexibility index (Phi) is 4.08. The quantitative estimate of drug-likeness (QED) is 0.692. The highest BCUT2D eigenvalue weighted by molar-refractivity contribution is 9.10. The molecular formula is C19H16BrN5O. The highest BCUT2D eigenvalue weighted by Crippen LogP contribution is 2.36. The van der Waals surface area contributed by atoms with E-state index < -0.39 is 11.9 Å². The molecule has 130 valence electrons. The molecule has 1 aliphatic heterocycles. The van der Waals surface area contributed by atoms with Crippen molar-refractivity contribution in [3.8, 4) is 11.4 Å². The van der Waals surface area contributed by atoms with Crippen LogP contribution in [0.25, 0.3) is 11.4 Å². The third kappa shape index (κ3) is 2.80. The molecule has 3 N–H and O–H groups in total. The Morgan fingerprint density at radius 1 is 1.19 bits per heavy atom. The molecule has 0 radical (unpaired) electrons. The zero-order chi connectivity index (χ0) is 18.3. The Morgan fingerprint density at radius 3 is 2.65 bits per heavy atom. The normalized spacial score (nSPS) is 16.2. The molecule has 0 fully saturated rings. The van der Waals surface area contributed by atoms with Crippen LogP contribution in [0.2, 0.25) is 0 Å². The second-order valence-corrected chi connectivity index (χ2v) is 6.97. The first-order valence-corrected chi connectivity index (χ1v) is 8.89. The van der Waals surface area contributed by atoms with Crippen LogP contribution in [0.1, 0.15) is 18.5 Å². The number of benzene rings is 2. The number of allylic oxidation sites excluding steroid dienone is 1. The Hall–Kier alpha value is -2.93. The van der Waals surface area contributed by atoms with Crippen molar-refractivity contribution in [2.24, 2.45) is 5.73 Å². The first kappa shape index (κ1) is 16.5. The van der Waals surface area contributed by atoms with E-state index in [1.165, 1.54) is 0 Å². The van der Waals surface area contributed by atoms with Crippen LogP contribution in [0.5, 0.6) is 0 Å². The number of halogens is 1. The summed E-state index contributed by atoms with van der Waals surface area (Å²) in [5.41, 5.74) is 8.65. The number of carbonyl (C=O) groups is 1. The van der Waals surface area contributed by atoms with Gasteiger partial charge in [0, 0.05) is 15.7 Å². The molecule has 0 spiro atoms. The first-order valence-electron chi connectivity index (χ1n) is 8.09. The third-order valence-electron chi connectivity index (χ3n) is 4.31. The van der Waals surface area contributed by atoms with E-state index >= 15 is 0 Å². The van der Waals surface area contributed by atoms with Crippen molar-refractivity contribution in [1.29, 1.82) is 0 Å². The van der Waals surface area contributed by atoms with Crippen molar-refractivity contribution < 1.29 is 4.79 Å². The molecule has 0 aliphatic carbocycles. The summed E-state index contributed by atoms with van der Waals surface area (Å²) in [6.45, 7) is 1.82. The molecule has 1 aliphatic rings. The molecule has 0 saturated heterocycles. The molecule has 2 heterocycles. The fourth-order valence-corrected chi connectivity index (χ4v) is 3.58. The number of aromatic nitrogens is 3. The number of primary amides is 1. The standard InChI is InChI=1S/C19H16BrN5O/c1-11-15(17(21)26)16(13-8-5-9-14(20)10-13)25-19(22-11)23-18(24-25)12-6-3-2-4-7-12/h2-10,16H,1H3,(H2,21,26)(H,22,23,24)/t16-/m0/s1. The number of rotatable bonds is 3. The lowest BCUT2D eigenvalue weighted by Crippen LogP contribution is -2.31. The van der Waals surface area contributed by atoms with E-state index in [-0.39, 0.29) is 0 Å². The number of nitrogens with one attached hydrogen (secondary N) is 1. The van der Waals surface area contributed by atoms with Gasteiger partial charge in [0.2, 0.25) is 11.9 Å². The summed E-state index contributed by atoms with van der Waals surface area (Å²) in [6.07, 6.45) is 0. The number of nitrogens with zero attached hydrogens (tertiary/aromatic N) is 3. The SMILES string of the molecule is CC1=C(C(N)=O)[C@H](c2cccc(Br)c2)n2nc(-c3ccccc3)nc2N1.